The highest BCUT2D eigenvalue weighted by atomic mass is 35.5. The Bertz CT molecular complexity index is 1060. The van der Waals surface area contributed by atoms with Crippen molar-refractivity contribution >= 4 is 17.6 Å². The molecule has 6 nitrogen and oxygen atoms in total. The molecule has 0 amide bonds. The SMILES string of the molecule is Cc1ccc(-c2onc(COc3cc(CC(=O)O)ccc3Cl)c2COCC2CC2)cc1. The molecule has 0 bridgehead atoms. The van der Waals surface area contributed by atoms with Gasteiger partial charge in [0.15, 0.2) is 5.76 Å². The highest BCUT2D eigenvalue weighted by Gasteiger charge is 2.23. The third-order valence-corrected chi connectivity index (χ3v) is 5.51. The van der Waals surface area contributed by atoms with Crippen LogP contribution in [0.1, 0.15) is 35.2 Å². The Balaban J connectivity index is 1.54. The van der Waals surface area contributed by atoms with E-state index in [1.54, 1.807) is 18.2 Å². The maximum Gasteiger partial charge on any atom is 0.307 e. The Morgan fingerprint density at radius 1 is 1.19 bits per heavy atom. The highest BCUT2D eigenvalue weighted by Crippen LogP contribution is 2.32. The lowest BCUT2D eigenvalue weighted by atomic mass is 10.1. The topological polar surface area (TPSA) is 81.8 Å². The van der Waals surface area contributed by atoms with Crippen molar-refractivity contribution in [1.29, 1.82) is 0 Å². The molecule has 1 heterocycles. The van der Waals surface area contributed by atoms with Crippen LogP contribution in [0.4, 0.5) is 0 Å². The van der Waals surface area contributed by atoms with Gasteiger partial charge in [0.1, 0.15) is 18.1 Å². The summed E-state index contributed by atoms with van der Waals surface area (Å²) in [6.45, 7) is 3.27. The van der Waals surface area contributed by atoms with Crippen LogP contribution < -0.4 is 4.74 Å². The molecule has 2 aromatic carbocycles. The molecule has 0 atom stereocenters. The number of aromatic nitrogens is 1. The summed E-state index contributed by atoms with van der Waals surface area (Å²) in [5.74, 6) is 0.811. The predicted octanol–water partition coefficient (Wildman–Crippen LogP) is 5.44. The second-order valence-electron chi connectivity index (χ2n) is 7.89. The first-order valence-electron chi connectivity index (χ1n) is 10.2. The summed E-state index contributed by atoms with van der Waals surface area (Å²) < 4.78 is 17.5. The number of carbonyl (C=O) groups is 1. The van der Waals surface area contributed by atoms with Crippen LogP contribution in [0.15, 0.2) is 47.0 Å². The number of aryl methyl sites for hydroxylation is 1. The minimum absolute atomic E-state index is 0.102. The fraction of sp³-hybridized carbons (Fsp3) is 0.333. The van der Waals surface area contributed by atoms with E-state index >= 15 is 0 Å². The van der Waals surface area contributed by atoms with Crippen LogP contribution in [-0.2, 0) is 29.2 Å². The van der Waals surface area contributed by atoms with Gasteiger partial charge < -0.3 is 19.1 Å². The van der Waals surface area contributed by atoms with Crippen molar-refractivity contribution in [3.05, 3.63) is 69.9 Å². The summed E-state index contributed by atoms with van der Waals surface area (Å²) in [5, 5.41) is 13.6. The van der Waals surface area contributed by atoms with E-state index in [0.29, 0.717) is 40.3 Å². The van der Waals surface area contributed by atoms with Gasteiger partial charge in [-0.05, 0) is 43.4 Å². The molecule has 4 rings (SSSR count). The summed E-state index contributed by atoms with van der Waals surface area (Å²) in [4.78, 5) is 11.0. The average molecular weight is 442 g/mol. The number of aliphatic carboxylic acids is 1. The molecule has 1 saturated carbocycles. The summed E-state index contributed by atoms with van der Waals surface area (Å²) in [6, 6.07) is 13.0. The predicted molar refractivity (Wildman–Crippen MR) is 116 cm³/mol. The van der Waals surface area contributed by atoms with Gasteiger partial charge in [0.05, 0.1) is 23.6 Å². The molecule has 1 aliphatic carbocycles. The minimum Gasteiger partial charge on any atom is -0.486 e. The molecule has 1 N–H and O–H groups in total. The molecule has 7 heteroatoms. The van der Waals surface area contributed by atoms with E-state index in [1.807, 2.05) is 31.2 Å². The first kappa shape index (κ1) is 21.4. The molecule has 0 saturated heterocycles. The van der Waals surface area contributed by atoms with Crippen molar-refractivity contribution in [3.8, 4) is 17.1 Å². The Morgan fingerprint density at radius 3 is 2.68 bits per heavy atom. The first-order valence-corrected chi connectivity index (χ1v) is 10.6. The number of halogens is 1. The van der Waals surface area contributed by atoms with E-state index in [0.717, 1.165) is 23.3 Å². The number of hydrogen-bond acceptors (Lipinski definition) is 5. The van der Waals surface area contributed by atoms with E-state index in [9.17, 15) is 4.79 Å². The number of hydrogen-bond donors (Lipinski definition) is 1. The molecule has 1 fully saturated rings. The zero-order valence-electron chi connectivity index (χ0n) is 17.3. The molecule has 1 aromatic heterocycles. The lowest BCUT2D eigenvalue weighted by Gasteiger charge is -2.10. The molecule has 0 spiro atoms. The first-order chi connectivity index (χ1) is 15.0. The van der Waals surface area contributed by atoms with E-state index in [4.69, 9.17) is 30.7 Å². The molecule has 0 radical (unpaired) electrons. The number of nitrogens with zero attached hydrogens (tertiary/aromatic N) is 1. The van der Waals surface area contributed by atoms with Gasteiger partial charge in [0.25, 0.3) is 0 Å². The Kier molecular flexibility index (Phi) is 6.59. The number of benzene rings is 2. The van der Waals surface area contributed by atoms with Gasteiger partial charge in [0.2, 0.25) is 0 Å². The summed E-state index contributed by atoms with van der Waals surface area (Å²) in [7, 11) is 0. The van der Waals surface area contributed by atoms with Crippen LogP contribution in [0.5, 0.6) is 5.75 Å². The zero-order chi connectivity index (χ0) is 21.8. The molecule has 0 unspecified atom stereocenters. The van der Waals surface area contributed by atoms with Crippen LogP contribution in [0.2, 0.25) is 5.02 Å². The van der Waals surface area contributed by atoms with E-state index in [2.05, 4.69) is 5.16 Å². The van der Waals surface area contributed by atoms with Gasteiger partial charge in [-0.25, -0.2) is 0 Å². The molecule has 1 aliphatic rings. The molecule has 31 heavy (non-hydrogen) atoms. The van der Waals surface area contributed by atoms with Crippen LogP contribution >= 0.6 is 11.6 Å². The van der Waals surface area contributed by atoms with Gasteiger partial charge in [-0.15, -0.1) is 0 Å². The van der Waals surface area contributed by atoms with Gasteiger partial charge in [-0.1, -0.05) is 52.7 Å². The van der Waals surface area contributed by atoms with Crippen LogP contribution in [-0.4, -0.2) is 22.8 Å². The quantitative estimate of drug-likeness (QED) is 0.451. The van der Waals surface area contributed by atoms with Gasteiger partial charge in [0, 0.05) is 12.2 Å². The Hall–Kier alpha value is -2.83. The normalized spacial score (nSPS) is 13.4. The largest absolute Gasteiger partial charge is 0.486 e. The molecule has 3 aromatic rings. The number of rotatable bonds is 10. The summed E-state index contributed by atoms with van der Waals surface area (Å²) in [6.07, 6.45) is 2.33. The summed E-state index contributed by atoms with van der Waals surface area (Å²) >= 11 is 6.24. The van der Waals surface area contributed by atoms with E-state index < -0.39 is 5.97 Å². The van der Waals surface area contributed by atoms with E-state index in [-0.39, 0.29) is 13.0 Å². The van der Waals surface area contributed by atoms with Crippen molar-refractivity contribution in [2.24, 2.45) is 5.92 Å². The number of ether oxygens (including phenoxy) is 2. The van der Waals surface area contributed by atoms with Crippen LogP contribution in [0.3, 0.4) is 0 Å². The van der Waals surface area contributed by atoms with Crippen molar-refractivity contribution in [2.75, 3.05) is 6.61 Å². The van der Waals surface area contributed by atoms with Crippen molar-refractivity contribution in [3.63, 3.8) is 0 Å². The van der Waals surface area contributed by atoms with E-state index in [1.165, 1.54) is 12.8 Å². The standard InChI is InChI=1S/C24H24ClNO5/c1-15-2-7-18(8-3-15)24-19(13-29-12-16-4-5-16)21(26-31-24)14-30-22-10-17(11-23(27)28)6-9-20(22)25/h2-3,6-10,16H,4-5,11-14H2,1H3,(H,27,28). The lowest BCUT2D eigenvalue weighted by Crippen LogP contribution is -2.05. The monoisotopic (exact) mass is 441 g/mol. The number of carboxylic acids is 1. The zero-order valence-corrected chi connectivity index (χ0v) is 18.0. The van der Waals surface area contributed by atoms with Crippen LogP contribution in [0.25, 0.3) is 11.3 Å². The van der Waals surface area contributed by atoms with Gasteiger partial charge in [-0.2, -0.15) is 0 Å². The average Bonchev–Trinajstić information content (AvgIpc) is 3.48. The van der Waals surface area contributed by atoms with Crippen molar-refractivity contribution in [1.82, 2.24) is 5.16 Å². The smallest absolute Gasteiger partial charge is 0.307 e. The minimum atomic E-state index is -0.914. The lowest BCUT2D eigenvalue weighted by molar-refractivity contribution is -0.136. The van der Waals surface area contributed by atoms with Crippen molar-refractivity contribution < 1.29 is 23.9 Å². The fourth-order valence-electron chi connectivity index (χ4n) is 3.24. The summed E-state index contributed by atoms with van der Waals surface area (Å²) in [5.41, 5.74) is 4.18. The second-order valence-corrected chi connectivity index (χ2v) is 8.29. The molecular weight excluding hydrogens is 418 g/mol. The fourth-order valence-corrected chi connectivity index (χ4v) is 3.41. The second kappa shape index (κ2) is 9.54. The Labute approximate surface area is 185 Å². The molecule has 162 valence electrons. The molecular formula is C24H24ClNO5. The Morgan fingerprint density at radius 2 is 1.97 bits per heavy atom. The van der Waals surface area contributed by atoms with Gasteiger partial charge >= 0.3 is 5.97 Å². The molecule has 0 aliphatic heterocycles. The van der Waals surface area contributed by atoms with Crippen molar-refractivity contribution in [2.45, 2.75) is 39.4 Å². The maximum absolute atomic E-state index is 11.0. The third-order valence-electron chi connectivity index (χ3n) is 5.20. The van der Waals surface area contributed by atoms with Gasteiger partial charge in [-0.3, -0.25) is 4.79 Å². The number of carboxylic acid groups (broad SMARTS) is 1. The highest BCUT2D eigenvalue weighted by molar-refractivity contribution is 6.32. The third kappa shape index (κ3) is 5.66. The van der Waals surface area contributed by atoms with Crippen LogP contribution in [0, 0.1) is 12.8 Å². The maximum atomic E-state index is 11.0.